The monoisotopic (exact) mass is 154 g/mol. The lowest BCUT2D eigenvalue weighted by Crippen LogP contribution is -2.42. The van der Waals surface area contributed by atoms with Crippen molar-refractivity contribution in [1.29, 1.82) is 0 Å². The Kier molecular flexibility index (Phi) is 2.21. The number of hydrogen-bond donors (Lipinski definition) is 1. The molecular formula is C9H18N2. The Morgan fingerprint density at radius 1 is 1.45 bits per heavy atom. The molecule has 0 radical (unpaired) electrons. The van der Waals surface area contributed by atoms with Gasteiger partial charge in [-0.1, -0.05) is 27.7 Å². The van der Waals surface area contributed by atoms with Crippen molar-refractivity contribution in [3.63, 3.8) is 0 Å². The predicted molar refractivity (Wildman–Crippen MR) is 48.9 cm³/mol. The fourth-order valence-electron chi connectivity index (χ4n) is 1.13. The molecule has 0 aromatic heterocycles. The Morgan fingerprint density at radius 2 is 2.09 bits per heavy atom. The van der Waals surface area contributed by atoms with Crippen molar-refractivity contribution >= 4 is 5.84 Å². The Balaban J connectivity index is 2.58. The zero-order valence-corrected chi connectivity index (χ0v) is 7.94. The summed E-state index contributed by atoms with van der Waals surface area (Å²) in [6.07, 6.45) is 0. The van der Waals surface area contributed by atoms with Gasteiger partial charge < -0.3 is 5.32 Å². The van der Waals surface area contributed by atoms with E-state index in [0.717, 1.165) is 13.1 Å². The predicted octanol–water partition coefficient (Wildman–Crippen LogP) is 1.67. The molecule has 0 aromatic carbocycles. The molecule has 64 valence electrons. The number of nitrogens with one attached hydrogen (secondary N) is 1. The standard InChI is InChI=1S/C9H18N2/c1-7(2)8-10-5-9(3,4)6-11-8/h7H,5-6H2,1-4H3,(H,10,11). The third kappa shape index (κ3) is 2.21. The van der Waals surface area contributed by atoms with Gasteiger partial charge in [-0.25, -0.2) is 0 Å². The molecule has 1 aliphatic rings. The first kappa shape index (κ1) is 8.57. The van der Waals surface area contributed by atoms with E-state index >= 15 is 0 Å². The molecule has 0 aromatic rings. The highest BCUT2D eigenvalue weighted by Gasteiger charge is 2.22. The summed E-state index contributed by atoms with van der Waals surface area (Å²) in [4.78, 5) is 4.49. The number of amidine groups is 1. The van der Waals surface area contributed by atoms with E-state index in [1.165, 1.54) is 5.84 Å². The van der Waals surface area contributed by atoms with E-state index in [2.05, 4.69) is 38.0 Å². The lowest BCUT2D eigenvalue weighted by molar-refractivity contribution is 0.357. The first-order valence-electron chi connectivity index (χ1n) is 4.29. The van der Waals surface area contributed by atoms with Gasteiger partial charge in [0, 0.05) is 24.4 Å². The summed E-state index contributed by atoms with van der Waals surface area (Å²) in [7, 11) is 0. The summed E-state index contributed by atoms with van der Waals surface area (Å²) in [5.41, 5.74) is 0.346. The Bertz CT molecular complexity index is 168. The van der Waals surface area contributed by atoms with Crippen LogP contribution in [0.5, 0.6) is 0 Å². The summed E-state index contributed by atoms with van der Waals surface area (Å²) >= 11 is 0. The molecule has 0 bridgehead atoms. The van der Waals surface area contributed by atoms with Crippen LogP contribution >= 0.6 is 0 Å². The summed E-state index contributed by atoms with van der Waals surface area (Å²) in [5.74, 6) is 1.72. The second-order valence-electron chi connectivity index (χ2n) is 4.37. The van der Waals surface area contributed by atoms with E-state index < -0.39 is 0 Å². The first-order valence-corrected chi connectivity index (χ1v) is 4.29. The topological polar surface area (TPSA) is 24.4 Å². The van der Waals surface area contributed by atoms with Gasteiger partial charge in [-0.05, 0) is 0 Å². The zero-order chi connectivity index (χ0) is 8.48. The SMILES string of the molecule is CC(C)C1=NCC(C)(C)CN1. The van der Waals surface area contributed by atoms with Gasteiger partial charge in [0.05, 0.1) is 5.84 Å². The molecule has 11 heavy (non-hydrogen) atoms. The molecule has 0 atom stereocenters. The summed E-state index contributed by atoms with van der Waals surface area (Å²) in [6.45, 7) is 10.8. The minimum absolute atomic E-state index is 0.346. The highest BCUT2D eigenvalue weighted by atomic mass is 15.0. The van der Waals surface area contributed by atoms with Crippen molar-refractivity contribution < 1.29 is 0 Å². The molecular weight excluding hydrogens is 136 g/mol. The highest BCUT2D eigenvalue weighted by Crippen LogP contribution is 2.17. The summed E-state index contributed by atoms with van der Waals surface area (Å²) in [6, 6.07) is 0. The van der Waals surface area contributed by atoms with Crippen molar-refractivity contribution in [3.8, 4) is 0 Å². The normalized spacial score (nSPS) is 22.8. The van der Waals surface area contributed by atoms with Crippen LogP contribution in [0, 0.1) is 11.3 Å². The number of rotatable bonds is 1. The fraction of sp³-hybridized carbons (Fsp3) is 0.889. The van der Waals surface area contributed by atoms with E-state index in [4.69, 9.17) is 0 Å². The average molecular weight is 154 g/mol. The van der Waals surface area contributed by atoms with Gasteiger partial charge in [-0.2, -0.15) is 0 Å². The van der Waals surface area contributed by atoms with Crippen molar-refractivity contribution in [2.24, 2.45) is 16.3 Å². The smallest absolute Gasteiger partial charge is 0.0989 e. The molecule has 1 aliphatic heterocycles. The molecule has 0 aliphatic carbocycles. The molecule has 1 heterocycles. The second kappa shape index (κ2) is 2.84. The van der Waals surface area contributed by atoms with E-state index in [9.17, 15) is 0 Å². The number of hydrogen-bond acceptors (Lipinski definition) is 2. The molecule has 1 rings (SSSR count). The van der Waals surface area contributed by atoms with Gasteiger partial charge in [0.1, 0.15) is 0 Å². The van der Waals surface area contributed by atoms with Crippen LogP contribution in [0.4, 0.5) is 0 Å². The lowest BCUT2D eigenvalue weighted by Gasteiger charge is -2.30. The second-order valence-corrected chi connectivity index (χ2v) is 4.37. The fourth-order valence-corrected chi connectivity index (χ4v) is 1.13. The molecule has 0 fully saturated rings. The Labute approximate surface area is 69.1 Å². The van der Waals surface area contributed by atoms with Crippen LogP contribution in [-0.4, -0.2) is 18.9 Å². The Hall–Kier alpha value is -0.530. The van der Waals surface area contributed by atoms with Crippen molar-refractivity contribution in [3.05, 3.63) is 0 Å². The van der Waals surface area contributed by atoms with Crippen LogP contribution in [0.2, 0.25) is 0 Å². The molecule has 2 heteroatoms. The third-order valence-corrected chi connectivity index (χ3v) is 1.97. The maximum absolute atomic E-state index is 4.49. The minimum Gasteiger partial charge on any atom is -0.373 e. The van der Waals surface area contributed by atoms with Crippen LogP contribution in [0.1, 0.15) is 27.7 Å². The molecule has 0 spiro atoms. The van der Waals surface area contributed by atoms with Gasteiger partial charge in [0.2, 0.25) is 0 Å². The Morgan fingerprint density at radius 3 is 2.45 bits per heavy atom. The third-order valence-electron chi connectivity index (χ3n) is 1.97. The van der Waals surface area contributed by atoms with Crippen LogP contribution in [0.3, 0.4) is 0 Å². The van der Waals surface area contributed by atoms with E-state index in [-0.39, 0.29) is 0 Å². The number of nitrogens with zero attached hydrogens (tertiary/aromatic N) is 1. The molecule has 0 saturated carbocycles. The van der Waals surface area contributed by atoms with Gasteiger partial charge in [-0.3, -0.25) is 4.99 Å². The largest absolute Gasteiger partial charge is 0.373 e. The molecule has 0 unspecified atom stereocenters. The maximum atomic E-state index is 4.49. The van der Waals surface area contributed by atoms with Crippen LogP contribution in [-0.2, 0) is 0 Å². The zero-order valence-electron chi connectivity index (χ0n) is 7.94. The van der Waals surface area contributed by atoms with Crippen molar-refractivity contribution in [1.82, 2.24) is 5.32 Å². The van der Waals surface area contributed by atoms with E-state index in [1.807, 2.05) is 0 Å². The van der Waals surface area contributed by atoms with Crippen molar-refractivity contribution in [2.75, 3.05) is 13.1 Å². The average Bonchev–Trinajstić information content (AvgIpc) is 1.86. The van der Waals surface area contributed by atoms with Gasteiger partial charge in [0.25, 0.3) is 0 Å². The molecule has 0 amide bonds. The highest BCUT2D eigenvalue weighted by molar-refractivity contribution is 5.84. The van der Waals surface area contributed by atoms with E-state index in [1.54, 1.807) is 0 Å². The first-order chi connectivity index (χ1) is 5.01. The van der Waals surface area contributed by atoms with Crippen LogP contribution < -0.4 is 5.32 Å². The van der Waals surface area contributed by atoms with Gasteiger partial charge in [0.15, 0.2) is 0 Å². The lowest BCUT2D eigenvalue weighted by atomic mass is 9.92. The molecule has 2 nitrogen and oxygen atoms in total. The number of aliphatic imine (C=N–C) groups is 1. The van der Waals surface area contributed by atoms with Gasteiger partial charge in [-0.15, -0.1) is 0 Å². The quantitative estimate of drug-likeness (QED) is 0.610. The molecule has 0 saturated heterocycles. The van der Waals surface area contributed by atoms with Crippen molar-refractivity contribution in [2.45, 2.75) is 27.7 Å². The summed E-state index contributed by atoms with van der Waals surface area (Å²) in [5, 5.41) is 3.36. The minimum atomic E-state index is 0.346. The van der Waals surface area contributed by atoms with E-state index in [0.29, 0.717) is 11.3 Å². The van der Waals surface area contributed by atoms with Crippen LogP contribution in [0.15, 0.2) is 4.99 Å². The van der Waals surface area contributed by atoms with Crippen LogP contribution in [0.25, 0.3) is 0 Å². The maximum Gasteiger partial charge on any atom is 0.0989 e. The summed E-state index contributed by atoms with van der Waals surface area (Å²) < 4.78 is 0. The van der Waals surface area contributed by atoms with Gasteiger partial charge >= 0.3 is 0 Å². The molecule has 1 N–H and O–H groups in total.